The lowest BCUT2D eigenvalue weighted by Crippen LogP contribution is -2.36. The number of aromatic nitrogens is 1. The molecule has 9 heteroatoms. The van der Waals surface area contributed by atoms with E-state index in [1.54, 1.807) is 18.2 Å². The van der Waals surface area contributed by atoms with Crippen molar-refractivity contribution in [1.82, 2.24) is 8.87 Å². The average molecular weight is 504 g/mol. The second-order valence-electron chi connectivity index (χ2n) is 7.82. The highest BCUT2D eigenvalue weighted by molar-refractivity contribution is 7.88. The number of hydrogen-bond donors (Lipinski definition) is 1. The minimum atomic E-state index is -3.64. The van der Waals surface area contributed by atoms with E-state index in [0.29, 0.717) is 21.3 Å². The van der Waals surface area contributed by atoms with Crippen LogP contribution in [0.3, 0.4) is 0 Å². The zero-order chi connectivity index (χ0) is 23.8. The number of rotatable bonds is 7. The smallest absolute Gasteiger partial charge is 0.239 e. The van der Waals surface area contributed by atoms with Crippen molar-refractivity contribution < 1.29 is 13.2 Å². The molecule has 0 spiro atoms. The monoisotopic (exact) mass is 503 g/mol. The number of benzene rings is 3. The van der Waals surface area contributed by atoms with Crippen molar-refractivity contribution in [2.75, 3.05) is 18.1 Å². The molecule has 4 aromatic rings. The maximum atomic E-state index is 12.8. The molecule has 4 rings (SSSR count). The Kier molecular flexibility index (Phi) is 6.68. The Morgan fingerprint density at radius 3 is 2.39 bits per heavy atom. The molecule has 1 heterocycles. The van der Waals surface area contributed by atoms with Crippen molar-refractivity contribution >= 4 is 66.6 Å². The lowest BCUT2D eigenvalue weighted by Gasteiger charge is -2.20. The molecule has 6 nitrogen and oxygen atoms in total. The van der Waals surface area contributed by atoms with E-state index in [-0.39, 0.29) is 13.1 Å². The van der Waals surface area contributed by atoms with Crippen molar-refractivity contribution in [1.29, 1.82) is 0 Å². The number of aryl methyl sites for hydroxylation is 1. The largest absolute Gasteiger partial charge is 0.341 e. The van der Waals surface area contributed by atoms with E-state index < -0.39 is 15.9 Å². The first-order valence-corrected chi connectivity index (χ1v) is 13.0. The lowest BCUT2D eigenvalue weighted by atomic mass is 10.1. The Labute approximate surface area is 202 Å². The van der Waals surface area contributed by atoms with Crippen molar-refractivity contribution in [2.45, 2.75) is 20.0 Å². The zero-order valence-electron chi connectivity index (χ0n) is 18.2. The summed E-state index contributed by atoms with van der Waals surface area (Å²) in [4.78, 5) is 12.8. The fraction of sp³-hybridized carbons (Fsp3) is 0.208. The van der Waals surface area contributed by atoms with Crippen LogP contribution in [0.2, 0.25) is 10.0 Å². The molecule has 1 amide bonds. The van der Waals surface area contributed by atoms with E-state index in [4.69, 9.17) is 23.2 Å². The fourth-order valence-corrected chi connectivity index (χ4v) is 5.02. The van der Waals surface area contributed by atoms with Gasteiger partial charge in [0, 0.05) is 40.6 Å². The summed E-state index contributed by atoms with van der Waals surface area (Å²) in [6.45, 7) is 2.60. The quantitative estimate of drug-likeness (QED) is 0.360. The summed E-state index contributed by atoms with van der Waals surface area (Å²) in [7, 11) is -3.64. The van der Waals surface area contributed by atoms with Gasteiger partial charge in [-0.25, -0.2) is 8.42 Å². The summed E-state index contributed by atoms with van der Waals surface area (Å²) >= 11 is 12.0. The Morgan fingerprint density at radius 2 is 1.70 bits per heavy atom. The number of nitrogens with one attached hydrogen (secondary N) is 1. The molecular weight excluding hydrogens is 481 g/mol. The predicted octanol–water partition coefficient (Wildman–Crippen LogP) is 5.52. The molecule has 0 aliphatic heterocycles. The molecule has 0 bridgehead atoms. The third kappa shape index (κ3) is 5.01. The highest BCUT2D eigenvalue weighted by Crippen LogP contribution is 2.31. The number of para-hydroxylation sites is 1. The number of hydrogen-bond acceptors (Lipinski definition) is 3. The maximum absolute atomic E-state index is 12.8. The molecule has 0 aliphatic rings. The number of anilines is 1. The molecule has 0 unspecified atom stereocenters. The van der Waals surface area contributed by atoms with Crippen LogP contribution in [0.4, 0.5) is 5.69 Å². The van der Waals surface area contributed by atoms with Crippen LogP contribution in [0.15, 0.2) is 60.7 Å². The molecule has 33 heavy (non-hydrogen) atoms. The molecule has 0 radical (unpaired) electrons. The van der Waals surface area contributed by atoms with Crippen LogP contribution in [-0.2, 0) is 27.9 Å². The van der Waals surface area contributed by atoms with Crippen LogP contribution in [0.5, 0.6) is 0 Å². The Bertz CT molecular complexity index is 1460. The second kappa shape index (κ2) is 9.35. The number of carbonyl (C=O) groups is 1. The molecule has 172 valence electrons. The molecule has 3 aromatic carbocycles. The molecule has 1 aromatic heterocycles. The first-order valence-electron chi connectivity index (χ1n) is 10.4. The molecule has 0 atom stereocenters. The SMILES string of the molecule is CCn1c2ccccc2c2cc(NC(=O)CN(Cc3ccc(Cl)c(Cl)c3)S(C)(=O)=O)ccc21. The predicted molar refractivity (Wildman–Crippen MR) is 135 cm³/mol. The minimum Gasteiger partial charge on any atom is -0.341 e. The van der Waals surface area contributed by atoms with Crippen LogP contribution in [0.1, 0.15) is 12.5 Å². The fourth-order valence-electron chi connectivity index (χ4n) is 3.96. The van der Waals surface area contributed by atoms with E-state index in [1.165, 1.54) is 0 Å². The molecule has 0 fully saturated rings. The summed E-state index contributed by atoms with van der Waals surface area (Å²) in [5.74, 6) is -0.431. The van der Waals surface area contributed by atoms with Gasteiger partial charge < -0.3 is 9.88 Å². The van der Waals surface area contributed by atoms with Gasteiger partial charge >= 0.3 is 0 Å². The van der Waals surface area contributed by atoms with Crippen LogP contribution < -0.4 is 5.32 Å². The van der Waals surface area contributed by atoms with Crippen molar-refractivity contribution in [3.8, 4) is 0 Å². The highest BCUT2D eigenvalue weighted by Gasteiger charge is 2.21. The van der Waals surface area contributed by atoms with Crippen LogP contribution in [-0.4, -0.2) is 36.0 Å². The van der Waals surface area contributed by atoms with E-state index in [0.717, 1.165) is 38.9 Å². The Morgan fingerprint density at radius 1 is 0.970 bits per heavy atom. The molecule has 0 aliphatic carbocycles. The summed E-state index contributed by atoms with van der Waals surface area (Å²) in [5.41, 5.74) is 3.45. The summed E-state index contributed by atoms with van der Waals surface area (Å²) < 4.78 is 28.0. The van der Waals surface area contributed by atoms with Gasteiger partial charge in [-0.05, 0) is 48.9 Å². The topological polar surface area (TPSA) is 71.4 Å². The van der Waals surface area contributed by atoms with Gasteiger partial charge in [-0.3, -0.25) is 4.79 Å². The van der Waals surface area contributed by atoms with Gasteiger partial charge in [0.2, 0.25) is 15.9 Å². The number of fused-ring (bicyclic) bond motifs is 3. The number of sulfonamides is 1. The molecule has 0 saturated heterocycles. The van der Waals surface area contributed by atoms with E-state index in [2.05, 4.69) is 28.9 Å². The minimum absolute atomic E-state index is 0.00612. The standard InChI is InChI=1S/C24H23Cl2N3O3S/c1-3-29-22-7-5-4-6-18(22)19-13-17(9-11-23(19)29)27-24(30)15-28(33(2,31)32)14-16-8-10-20(25)21(26)12-16/h4-13H,3,14-15H2,1-2H3,(H,27,30). The van der Waals surface area contributed by atoms with E-state index in [1.807, 2.05) is 30.3 Å². The normalized spacial score (nSPS) is 12.0. The number of amides is 1. The number of halogens is 2. The average Bonchev–Trinajstić information content (AvgIpc) is 3.08. The van der Waals surface area contributed by atoms with Gasteiger partial charge in [0.15, 0.2) is 0 Å². The van der Waals surface area contributed by atoms with Crippen molar-refractivity contribution in [3.63, 3.8) is 0 Å². The maximum Gasteiger partial charge on any atom is 0.239 e. The molecule has 0 saturated carbocycles. The zero-order valence-corrected chi connectivity index (χ0v) is 20.5. The Hall–Kier alpha value is -2.58. The van der Waals surface area contributed by atoms with Gasteiger partial charge in [0.1, 0.15) is 0 Å². The molecule has 1 N–H and O–H groups in total. The second-order valence-corrected chi connectivity index (χ2v) is 10.6. The van der Waals surface area contributed by atoms with E-state index >= 15 is 0 Å². The third-order valence-electron chi connectivity index (χ3n) is 5.50. The Balaban J connectivity index is 1.57. The van der Waals surface area contributed by atoms with Gasteiger partial charge in [-0.15, -0.1) is 0 Å². The van der Waals surface area contributed by atoms with E-state index in [9.17, 15) is 13.2 Å². The van der Waals surface area contributed by atoms with Gasteiger partial charge in [0.05, 0.1) is 22.8 Å². The molecular formula is C24H23Cl2N3O3S. The number of carbonyl (C=O) groups excluding carboxylic acids is 1. The first kappa shape index (κ1) is 23.6. The summed E-state index contributed by atoms with van der Waals surface area (Å²) in [5, 5.41) is 5.67. The van der Waals surface area contributed by atoms with Gasteiger partial charge in [-0.1, -0.05) is 47.5 Å². The lowest BCUT2D eigenvalue weighted by molar-refractivity contribution is -0.116. The highest BCUT2D eigenvalue weighted by atomic mass is 35.5. The summed E-state index contributed by atoms with van der Waals surface area (Å²) in [6, 6.07) is 18.7. The van der Waals surface area contributed by atoms with Crippen LogP contribution >= 0.6 is 23.2 Å². The number of nitrogens with zero attached hydrogens (tertiary/aromatic N) is 2. The third-order valence-corrected chi connectivity index (χ3v) is 7.44. The van der Waals surface area contributed by atoms with Gasteiger partial charge in [0.25, 0.3) is 0 Å². The summed E-state index contributed by atoms with van der Waals surface area (Å²) in [6.07, 6.45) is 1.07. The van der Waals surface area contributed by atoms with Gasteiger partial charge in [-0.2, -0.15) is 4.31 Å². The van der Waals surface area contributed by atoms with Crippen molar-refractivity contribution in [2.24, 2.45) is 0 Å². The van der Waals surface area contributed by atoms with Crippen LogP contribution in [0.25, 0.3) is 21.8 Å². The first-order chi connectivity index (χ1) is 15.7. The van der Waals surface area contributed by atoms with Crippen LogP contribution in [0, 0.1) is 0 Å². The van der Waals surface area contributed by atoms with Crippen molar-refractivity contribution in [3.05, 3.63) is 76.3 Å².